The molecule has 0 fully saturated rings. The summed E-state index contributed by atoms with van der Waals surface area (Å²) < 4.78 is 11.7. The summed E-state index contributed by atoms with van der Waals surface area (Å²) in [7, 11) is 0. The Morgan fingerprint density at radius 1 is 0.927 bits per heavy atom. The molecule has 41 heavy (non-hydrogen) atoms. The van der Waals surface area contributed by atoms with Crippen molar-refractivity contribution >= 4 is 16.9 Å². The Balaban J connectivity index is 1.29. The van der Waals surface area contributed by atoms with Crippen molar-refractivity contribution in [2.24, 2.45) is 5.92 Å². The highest BCUT2D eigenvalue weighted by atomic mass is 16.5. The molecule has 1 N–H and O–H groups in total. The minimum absolute atomic E-state index is 0.0257. The van der Waals surface area contributed by atoms with Crippen LogP contribution in [0, 0.1) is 5.92 Å². The molecule has 6 nitrogen and oxygen atoms in total. The number of carbonyl (C=O) groups excluding carboxylic acids is 1. The lowest BCUT2D eigenvalue weighted by atomic mass is 9.73. The molecule has 0 saturated heterocycles. The van der Waals surface area contributed by atoms with Crippen molar-refractivity contribution in [1.29, 1.82) is 0 Å². The maximum Gasteiger partial charge on any atom is 0.321 e. The van der Waals surface area contributed by atoms with Gasteiger partial charge in [-0.3, -0.25) is 4.79 Å². The highest BCUT2D eigenvalue weighted by molar-refractivity contribution is 5.86. The second-order valence-electron chi connectivity index (χ2n) is 10.8. The molecule has 2 heterocycles. The van der Waals surface area contributed by atoms with E-state index in [1.807, 2.05) is 36.4 Å². The molecule has 5 aromatic rings. The predicted octanol–water partition coefficient (Wildman–Crippen LogP) is 7.96. The standard InChI is InChI=1S/C35H35N3O3/c1-3-6-24-7-13-27(14-8-24)40-32(39)22-26-12-17-29-30-21-23(4-2)9-18-31(30)38-34(29)33(26)25-10-15-28(16-11-25)41-35-36-19-5-20-37-35/h5,7-11,13-16,18-21,26,33,38H,3-4,6,12,17,22H2,1-2H3. The van der Waals surface area contributed by atoms with Gasteiger partial charge in [0.2, 0.25) is 0 Å². The zero-order chi connectivity index (χ0) is 28.2. The van der Waals surface area contributed by atoms with Crippen molar-refractivity contribution in [3.63, 3.8) is 0 Å². The average molecular weight is 546 g/mol. The summed E-state index contributed by atoms with van der Waals surface area (Å²) >= 11 is 0. The highest BCUT2D eigenvalue weighted by Gasteiger charge is 2.35. The monoisotopic (exact) mass is 545 g/mol. The highest BCUT2D eigenvalue weighted by Crippen LogP contribution is 2.45. The molecule has 0 bridgehead atoms. The number of nitrogens with zero attached hydrogens (tertiary/aromatic N) is 2. The number of esters is 1. The number of hydrogen-bond donors (Lipinski definition) is 1. The van der Waals surface area contributed by atoms with E-state index >= 15 is 0 Å². The van der Waals surface area contributed by atoms with Crippen molar-refractivity contribution in [2.75, 3.05) is 0 Å². The van der Waals surface area contributed by atoms with Crippen LogP contribution in [0.25, 0.3) is 10.9 Å². The molecule has 2 unspecified atom stereocenters. The van der Waals surface area contributed by atoms with E-state index in [0.29, 0.717) is 23.9 Å². The molecule has 1 aliphatic carbocycles. The fourth-order valence-corrected chi connectivity index (χ4v) is 6.05. The first-order valence-electron chi connectivity index (χ1n) is 14.6. The second-order valence-corrected chi connectivity index (χ2v) is 10.8. The van der Waals surface area contributed by atoms with Gasteiger partial charge in [-0.05, 0) is 96.3 Å². The SMILES string of the molecule is CCCc1ccc(OC(=O)CC2CCc3c([nH]c4ccc(CC)cc34)C2c2ccc(Oc3ncccn3)cc2)cc1. The van der Waals surface area contributed by atoms with Gasteiger partial charge in [0, 0.05) is 41.3 Å². The zero-order valence-corrected chi connectivity index (χ0v) is 23.6. The number of fused-ring (bicyclic) bond motifs is 3. The van der Waals surface area contributed by atoms with Crippen LogP contribution in [0.3, 0.4) is 0 Å². The molecule has 6 rings (SSSR count). The van der Waals surface area contributed by atoms with Gasteiger partial charge in [0.05, 0.1) is 0 Å². The van der Waals surface area contributed by atoms with Crippen molar-refractivity contribution in [3.05, 3.63) is 113 Å². The number of aromatic nitrogens is 3. The summed E-state index contributed by atoms with van der Waals surface area (Å²) in [5.41, 5.74) is 7.42. The Morgan fingerprint density at radius 2 is 1.66 bits per heavy atom. The third kappa shape index (κ3) is 5.87. The number of carbonyl (C=O) groups is 1. The molecule has 0 spiro atoms. The zero-order valence-electron chi connectivity index (χ0n) is 23.6. The number of aromatic amines is 1. The van der Waals surface area contributed by atoms with Crippen LogP contribution in [-0.2, 0) is 24.1 Å². The Morgan fingerprint density at radius 3 is 2.39 bits per heavy atom. The summed E-state index contributed by atoms with van der Waals surface area (Å²) in [4.78, 5) is 25.3. The molecule has 0 radical (unpaired) electrons. The molecule has 3 aromatic carbocycles. The van der Waals surface area contributed by atoms with E-state index in [0.717, 1.165) is 43.2 Å². The average Bonchev–Trinajstić information content (AvgIpc) is 3.37. The van der Waals surface area contributed by atoms with Crippen molar-refractivity contribution in [1.82, 2.24) is 15.0 Å². The lowest BCUT2D eigenvalue weighted by molar-refractivity contribution is -0.135. The van der Waals surface area contributed by atoms with Crippen molar-refractivity contribution < 1.29 is 14.3 Å². The molecule has 6 heteroatoms. The molecule has 0 amide bonds. The Labute approximate surface area is 240 Å². The van der Waals surface area contributed by atoms with Gasteiger partial charge in [0.15, 0.2) is 0 Å². The summed E-state index contributed by atoms with van der Waals surface area (Å²) in [6.07, 6.45) is 8.59. The van der Waals surface area contributed by atoms with Crippen molar-refractivity contribution in [3.8, 4) is 17.5 Å². The number of aryl methyl sites for hydroxylation is 3. The van der Waals surface area contributed by atoms with Crippen LogP contribution in [0.1, 0.15) is 67.0 Å². The number of ether oxygens (including phenoxy) is 2. The third-order valence-electron chi connectivity index (χ3n) is 8.07. The van der Waals surface area contributed by atoms with Gasteiger partial charge in [-0.15, -0.1) is 0 Å². The fourth-order valence-electron chi connectivity index (χ4n) is 6.05. The molecule has 2 aromatic heterocycles. The summed E-state index contributed by atoms with van der Waals surface area (Å²) in [6, 6.07) is 24.7. The first-order chi connectivity index (χ1) is 20.1. The lowest BCUT2D eigenvalue weighted by Gasteiger charge is -2.32. The van der Waals surface area contributed by atoms with Crippen molar-refractivity contribution in [2.45, 2.75) is 58.3 Å². The van der Waals surface area contributed by atoms with Crippen LogP contribution in [0.2, 0.25) is 0 Å². The number of hydrogen-bond acceptors (Lipinski definition) is 5. The summed E-state index contributed by atoms with van der Waals surface area (Å²) in [5.74, 6) is 1.19. The fraction of sp³-hybridized carbons (Fsp3) is 0.286. The van der Waals surface area contributed by atoms with Crippen LogP contribution in [0.5, 0.6) is 17.5 Å². The maximum absolute atomic E-state index is 13.2. The third-order valence-corrected chi connectivity index (χ3v) is 8.07. The van der Waals surface area contributed by atoms with Crippen LogP contribution in [0.4, 0.5) is 0 Å². The normalized spacial score (nSPS) is 16.3. The summed E-state index contributed by atoms with van der Waals surface area (Å²) in [5, 5.41) is 1.29. The maximum atomic E-state index is 13.2. The van der Waals surface area contributed by atoms with Gasteiger partial charge in [-0.1, -0.05) is 50.6 Å². The second kappa shape index (κ2) is 12.0. The lowest BCUT2D eigenvalue weighted by Crippen LogP contribution is -2.25. The Kier molecular flexibility index (Phi) is 7.81. The topological polar surface area (TPSA) is 77.1 Å². The van der Waals surface area contributed by atoms with Crippen LogP contribution in [0.15, 0.2) is 85.2 Å². The number of benzene rings is 3. The smallest absolute Gasteiger partial charge is 0.321 e. The number of H-pyrrole nitrogens is 1. The van der Waals surface area contributed by atoms with Gasteiger partial charge >= 0.3 is 12.0 Å². The van der Waals surface area contributed by atoms with E-state index in [9.17, 15) is 4.79 Å². The van der Waals surface area contributed by atoms with Gasteiger partial charge in [0.1, 0.15) is 11.5 Å². The minimum Gasteiger partial charge on any atom is -0.427 e. The van der Waals surface area contributed by atoms with E-state index in [1.165, 1.54) is 27.8 Å². The van der Waals surface area contributed by atoms with Crippen LogP contribution < -0.4 is 9.47 Å². The number of nitrogens with one attached hydrogen (secondary N) is 1. The largest absolute Gasteiger partial charge is 0.427 e. The molecule has 2 atom stereocenters. The molecule has 0 saturated carbocycles. The van der Waals surface area contributed by atoms with Gasteiger partial charge in [-0.2, -0.15) is 0 Å². The quantitative estimate of drug-likeness (QED) is 0.150. The molecule has 1 aliphatic rings. The van der Waals surface area contributed by atoms with E-state index < -0.39 is 0 Å². The van der Waals surface area contributed by atoms with E-state index in [4.69, 9.17) is 9.47 Å². The first kappa shape index (κ1) is 26.8. The minimum atomic E-state index is -0.197. The van der Waals surface area contributed by atoms with Crippen LogP contribution in [-0.4, -0.2) is 20.9 Å². The summed E-state index contributed by atoms with van der Waals surface area (Å²) in [6.45, 7) is 4.35. The Bertz CT molecular complexity index is 1630. The molecule has 0 aliphatic heterocycles. The molecular formula is C35H35N3O3. The molecular weight excluding hydrogens is 510 g/mol. The number of rotatable bonds is 9. The van der Waals surface area contributed by atoms with Crippen LogP contribution >= 0.6 is 0 Å². The van der Waals surface area contributed by atoms with E-state index in [2.05, 4.69) is 59.1 Å². The van der Waals surface area contributed by atoms with E-state index in [-0.39, 0.29) is 17.8 Å². The van der Waals surface area contributed by atoms with E-state index in [1.54, 1.807) is 18.5 Å². The Hall–Kier alpha value is -4.45. The van der Waals surface area contributed by atoms with Gasteiger partial charge in [-0.25, -0.2) is 9.97 Å². The predicted molar refractivity (Wildman–Crippen MR) is 161 cm³/mol. The van der Waals surface area contributed by atoms with Gasteiger partial charge < -0.3 is 14.5 Å². The van der Waals surface area contributed by atoms with Gasteiger partial charge in [0.25, 0.3) is 0 Å². The first-order valence-corrected chi connectivity index (χ1v) is 14.6. The molecule has 208 valence electrons.